The second-order valence-electron chi connectivity index (χ2n) is 5.48. The van der Waals surface area contributed by atoms with Gasteiger partial charge in [0.05, 0.1) is 29.5 Å². The van der Waals surface area contributed by atoms with E-state index in [9.17, 15) is 5.11 Å². The lowest BCUT2D eigenvalue weighted by atomic mass is 9.93. The Balaban J connectivity index is 1.93. The maximum Gasteiger partial charge on any atom is 0.0958 e. The zero-order valence-corrected chi connectivity index (χ0v) is 11.3. The minimum absolute atomic E-state index is 0.179. The topological polar surface area (TPSA) is 50.1 Å². The first-order chi connectivity index (χ1) is 9.29. The van der Waals surface area contributed by atoms with Crippen molar-refractivity contribution < 1.29 is 5.11 Å². The van der Waals surface area contributed by atoms with E-state index in [-0.39, 0.29) is 12.1 Å². The molecular formula is C15H21N3O. The van der Waals surface area contributed by atoms with Gasteiger partial charge < -0.3 is 15.0 Å². The number of nitrogens with zero attached hydrogens (tertiary/aromatic N) is 2. The molecule has 102 valence electrons. The molecule has 0 spiro atoms. The fourth-order valence-electron chi connectivity index (χ4n) is 2.99. The molecule has 0 saturated heterocycles. The van der Waals surface area contributed by atoms with Gasteiger partial charge in [-0.3, -0.25) is 0 Å². The van der Waals surface area contributed by atoms with Crippen LogP contribution in [0.2, 0.25) is 0 Å². The average molecular weight is 259 g/mol. The van der Waals surface area contributed by atoms with Crippen LogP contribution < -0.4 is 5.32 Å². The van der Waals surface area contributed by atoms with Crippen molar-refractivity contribution in [3.63, 3.8) is 0 Å². The summed E-state index contributed by atoms with van der Waals surface area (Å²) in [6.07, 6.45) is 4.30. The van der Waals surface area contributed by atoms with Crippen LogP contribution in [0.1, 0.15) is 19.8 Å². The maximum absolute atomic E-state index is 9.89. The lowest BCUT2D eigenvalue weighted by molar-refractivity contribution is 0.125. The van der Waals surface area contributed by atoms with Gasteiger partial charge in [0.15, 0.2) is 0 Å². The van der Waals surface area contributed by atoms with Crippen molar-refractivity contribution in [3.8, 4) is 0 Å². The quantitative estimate of drug-likeness (QED) is 0.831. The number of benzene rings is 1. The highest BCUT2D eigenvalue weighted by atomic mass is 16.3. The van der Waals surface area contributed by atoms with E-state index in [1.807, 2.05) is 24.5 Å². The molecular weight excluding hydrogens is 238 g/mol. The Labute approximate surface area is 113 Å². The SMILES string of the molecule is CCNC(CO)(Cn1cnc2ccccc21)C1CC1. The van der Waals surface area contributed by atoms with E-state index in [0.29, 0.717) is 5.92 Å². The van der Waals surface area contributed by atoms with E-state index in [4.69, 9.17) is 0 Å². The fraction of sp³-hybridized carbons (Fsp3) is 0.533. The molecule has 0 radical (unpaired) electrons. The minimum Gasteiger partial charge on any atom is -0.394 e. The highest BCUT2D eigenvalue weighted by Gasteiger charge is 2.44. The van der Waals surface area contributed by atoms with Gasteiger partial charge in [-0.15, -0.1) is 0 Å². The number of nitrogens with one attached hydrogen (secondary N) is 1. The van der Waals surface area contributed by atoms with Gasteiger partial charge in [0.25, 0.3) is 0 Å². The van der Waals surface area contributed by atoms with Gasteiger partial charge in [-0.25, -0.2) is 4.98 Å². The van der Waals surface area contributed by atoms with Crippen LogP contribution in [0.25, 0.3) is 11.0 Å². The smallest absolute Gasteiger partial charge is 0.0958 e. The Kier molecular flexibility index (Phi) is 3.29. The molecule has 1 heterocycles. The largest absolute Gasteiger partial charge is 0.394 e. The Morgan fingerprint density at radius 3 is 2.89 bits per heavy atom. The number of likely N-dealkylation sites (N-methyl/N-ethyl adjacent to an activating group) is 1. The second-order valence-corrected chi connectivity index (χ2v) is 5.48. The summed E-state index contributed by atoms with van der Waals surface area (Å²) in [6.45, 7) is 3.93. The van der Waals surface area contributed by atoms with E-state index in [1.54, 1.807) is 0 Å². The molecule has 1 aromatic carbocycles. The van der Waals surface area contributed by atoms with Crippen LogP contribution in [-0.2, 0) is 6.54 Å². The van der Waals surface area contributed by atoms with Crippen LogP contribution in [0.3, 0.4) is 0 Å². The molecule has 1 fully saturated rings. The molecule has 1 saturated carbocycles. The highest BCUT2D eigenvalue weighted by molar-refractivity contribution is 5.74. The summed E-state index contributed by atoms with van der Waals surface area (Å²) in [6, 6.07) is 8.15. The molecule has 3 rings (SSSR count). The van der Waals surface area contributed by atoms with Gasteiger partial charge >= 0.3 is 0 Å². The molecule has 2 N–H and O–H groups in total. The van der Waals surface area contributed by atoms with E-state index in [1.165, 1.54) is 12.8 Å². The third-order valence-corrected chi connectivity index (χ3v) is 4.15. The molecule has 4 heteroatoms. The summed E-state index contributed by atoms with van der Waals surface area (Å²) >= 11 is 0. The first-order valence-corrected chi connectivity index (χ1v) is 7.05. The predicted octanol–water partition coefficient (Wildman–Crippen LogP) is 1.79. The molecule has 4 nitrogen and oxygen atoms in total. The van der Waals surface area contributed by atoms with Gasteiger partial charge in [-0.2, -0.15) is 0 Å². The second kappa shape index (κ2) is 4.94. The van der Waals surface area contributed by atoms with Gasteiger partial charge in [-0.1, -0.05) is 19.1 Å². The van der Waals surface area contributed by atoms with Crippen molar-refractivity contribution in [3.05, 3.63) is 30.6 Å². The Bertz CT molecular complexity index is 561. The molecule has 1 aliphatic rings. The minimum atomic E-state index is -0.196. The Morgan fingerprint density at radius 1 is 1.42 bits per heavy atom. The number of hydrogen-bond acceptors (Lipinski definition) is 3. The average Bonchev–Trinajstić information content (AvgIpc) is 3.22. The number of aliphatic hydroxyl groups excluding tert-OH is 1. The summed E-state index contributed by atoms with van der Waals surface area (Å²) in [5, 5.41) is 13.4. The number of fused-ring (bicyclic) bond motifs is 1. The number of aromatic nitrogens is 2. The van der Waals surface area contributed by atoms with Crippen LogP contribution in [0, 0.1) is 5.92 Å². The number of hydrogen-bond donors (Lipinski definition) is 2. The number of aliphatic hydroxyl groups is 1. The number of para-hydroxylation sites is 2. The van der Waals surface area contributed by atoms with Gasteiger partial charge in [0.2, 0.25) is 0 Å². The van der Waals surface area contributed by atoms with E-state index in [0.717, 1.165) is 24.1 Å². The van der Waals surface area contributed by atoms with Crippen molar-refractivity contribution in [1.82, 2.24) is 14.9 Å². The summed E-state index contributed by atoms with van der Waals surface area (Å²) in [7, 11) is 0. The van der Waals surface area contributed by atoms with Gasteiger partial charge in [0, 0.05) is 6.54 Å². The number of rotatable bonds is 6. The normalized spacial score (nSPS) is 18.6. The fourth-order valence-corrected chi connectivity index (χ4v) is 2.99. The molecule has 0 amide bonds. The summed E-state index contributed by atoms with van der Waals surface area (Å²) in [5.74, 6) is 0.582. The standard InChI is InChI=1S/C15H21N3O/c1-2-17-15(10-19,12-7-8-12)9-18-11-16-13-5-3-4-6-14(13)18/h3-6,11-12,17,19H,2,7-10H2,1H3. The molecule has 1 atom stereocenters. The Morgan fingerprint density at radius 2 is 2.21 bits per heavy atom. The molecule has 1 unspecified atom stereocenters. The van der Waals surface area contributed by atoms with Crippen LogP contribution in [-0.4, -0.2) is 33.3 Å². The highest BCUT2D eigenvalue weighted by Crippen LogP contribution is 2.40. The Hall–Kier alpha value is -1.39. The van der Waals surface area contributed by atoms with E-state index >= 15 is 0 Å². The lowest BCUT2D eigenvalue weighted by Crippen LogP contribution is -2.53. The first kappa shape index (κ1) is 12.6. The summed E-state index contributed by atoms with van der Waals surface area (Å²) in [4.78, 5) is 4.43. The summed E-state index contributed by atoms with van der Waals surface area (Å²) < 4.78 is 2.16. The van der Waals surface area contributed by atoms with Crippen LogP contribution in [0.5, 0.6) is 0 Å². The van der Waals surface area contributed by atoms with E-state index < -0.39 is 0 Å². The van der Waals surface area contributed by atoms with Crippen molar-refractivity contribution in [1.29, 1.82) is 0 Å². The van der Waals surface area contributed by atoms with Crippen molar-refractivity contribution in [2.45, 2.75) is 31.8 Å². The molecule has 2 aromatic rings. The third-order valence-electron chi connectivity index (χ3n) is 4.15. The third kappa shape index (κ3) is 2.26. The maximum atomic E-state index is 9.89. The van der Waals surface area contributed by atoms with Crippen LogP contribution >= 0.6 is 0 Å². The van der Waals surface area contributed by atoms with Crippen molar-refractivity contribution >= 4 is 11.0 Å². The molecule has 0 bridgehead atoms. The van der Waals surface area contributed by atoms with Crippen molar-refractivity contribution in [2.75, 3.05) is 13.2 Å². The van der Waals surface area contributed by atoms with Crippen LogP contribution in [0.15, 0.2) is 30.6 Å². The first-order valence-electron chi connectivity index (χ1n) is 7.05. The zero-order chi connectivity index (χ0) is 13.3. The predicted molar refractivity (Wildman–Crippen MR) is 76.0 cm³/mol. The molecule has 19 heavy (non-hydrogen) atoms. The van der Waals surface area contributed by atoms with E-state index in [2.05, 4.69) is 27.9 Å². The summed E-state index contributed by atoms with van der Waals surface area (Å²) in [5.41, 5.74) is 1.96. The molecule has 1 aromatic heterocycles. The lowest BCUT2D eigenvalue weighted by Gasteiger charge is -2.33. The monoisotopic (exact) mass is 259 g/mol. The van der Waals surface area contributed by atoms with Crippen LogP contribution in [0.4, 0.5) is 0 Å². The molecule has 1 aliphatic carbocycles. The zero-order valence-electron chi connectivity index (χ0n) is 11.3. The van der Waals surface area contributed by atoms with Crippen molar-refractivity contribution in [2.24, 2.45) is 5.92 Å². The molecule has 0 aliphatic heterocycles. The number of imidazole rings is 1. The van der Waals surface area contributed by atoms with Gasteiger partial charge in [-0.05, 0) is 37.4 Å². The van der Waals surface area contributed by atoms with Gasteiger partial charge in [0.1, 0.15) is 0 Å².